The molecule has 0 aromatic heterocycles. The van der Waals surface area contributed by atoms with Gasteiger partial charge in [-0.3, -0.25) is 0 Å². The molecule has 0 bridgehead atoms. The molecule has 0 amide bonds. The van der Waals surface area contributed by atoms with Gasteiger partial charge in [-0.05, 0) is 19.3 Å². The molecule has 0 nitrogen and oxygen atoms in total. The summed E-state index contributed by atoms with van der Waals surface area (Å²) in [6, 6.07) is 0. The average Bonchev–Trinajstić information content (AvgIpc) is 1.90. The van der Waals surface area contributed by atoms with E-state index < -0.39 is 0 Å². The number of rotatable bonds is 4. The summed E-state index contributed by atoms with van der Waals surface area (Å²) < 4.78 is 0.142. The lowest BCUT2D eigenvalue weighted by Crippen LogP contribution is -2.26. The van der Waals surface area contributed by atoms with Gasteiger partial charge in [-0.25, -0.2) is 0 Å². The van der Waals surface area contributed by atoms with Gasteiger partial charge < -0.3 is 0 Å². The van der Waals surface area contributed by atoms with Crippen molar-refractivity contribution in [1.29, 1.82) is 0 Å². The molecule has 0 aromatic rings. The molecule has 0 saturated carbocycles. The molecule has 0 aliphatic rings. The first-order valence-electron chi connectivity index (χ1n) is 4.28. The van der Waals surface area contributed by atoms with E-state index in [4.69, 9.17) is 12.6 Å². The smallest absolute Gasteiger partial charge is 0.0261 e. The average molecular weight is 159 g/mol. The second-order valence-electron chi connectivity index (χ2n) is 3.18. The maximum absolute atomic E-state index is 5.46. The van der Waals surface area contributed by atoms with Crippen LogP contribution >= 0.6 is 12.6 Å². The molecule has 1 heteroatoms. The Morgan fingerprint density at radius 2 is 1.60 bits per heavy atom. The summed E-state index contributed by atoms with van der Waals surface area (Å²) in [5.74, 6) is 0.729. The largest absolute Gasteiger partial charge is 0.0867 e. The fourth-order valence-corrected chi connectivity index (χ4v) is 1.77. The first kappa shape index (κ1) is 10.3. The van der Waals surface area contributed by atoms with Crippen molar-refractivity contribution < 1.29 is 0 Å². The molecule has 1 atom stereocenters. The quantitative estimate of drug-likeness (QED) is 0.585. The van der Waals surface area contributed by atoms with Crippen LogP contribution < -0.4 is 0 Å². The molecule has 0 spiro atoms. The van der Waals surface area contributed by atoms with Crippen molar-refractivity contribution in [3.63, 3.8) is 0 Å². The zero-order chi connectivity index (χ0) is 8.20. The van der Waals surface area contributed by atoms with Gasteiger partial charge in [-0.1, -0.05) is 46.2 Å². The van der Waals surface area contributed by atoms with Gasteiger partial charge in [0.05, 0.1) is 0 Å². The Morgan fingerprint density at radius 3 is 1.70 bits per heavy atom. The Hall–Kier alpha value is 0.350. The molecule has 0 aliphatic heterocycles. The molecule has 0 heterocycles. The van der Waals surface area contributed by atoms with Crippen LogP contribution in [0.1, 0.15) is 47.0 Å². The van der Waals surface area contributed by atoms with Gasteiger partial charge in [0, 0.05) is 4.75 Å². The van der Waals surface area contributed by atoms with E-state index in [0.717, 1.165) is 12.3 Å². The lowest BCUT2D eigenvalue weighted by Gasteiger charge is -2.29. The van der Waals surface area contributed by atoms with Crippen LogP contribution in [0.4, 0.5) is 0 Å². The molecular formula is C9H19S. The van der Waals surface area contributed by atoms with Gasteiger partial charge in [0.1, 0.15) is 0 Å². The highest BCUT2D eigenvalue weighted by Crippen LogP contribution is 2.32. The Kier molecular flexibility index (Phi) is 4.42. The topological polar surface area (TPSA) is 0 Å². The van der Waals surface area contributed by atoms with E-state index >= 15 is 0 Å². The molecular weight excluding hydrogens is 140 g/mol. The van der Waals surface area contributed by atoms with Crippen LogP contribution in [-0.2, 0) is 0 Å². The summed E-state index contributed by atoms with van der Waals surface area (Å²) in [5, 5.41) is 0. The van der Waals surface area contributed by atoms with E-state index in [1.54, 1.807) is 0 Å². The van der Waals surface area contributed by atoms with Crippen LogP contribution in [-0.4, -0.2) is 4.75 Å². The van der Waals surface area contributed by atoms with Crippen LogP contribution in [0.5, 0.6) is 0 Å². The lowest BCUT2D eigenvalue weighted by molar-refractivity contribution is 0.369. The zero-order valence-corrected chi connectivity index (χ0v) is 8.42. The number of hydrogen-bond donors (Lipinski definition) is 0. The molecule has 0 fully saturated rings. The van der Waals surface area contributed by atoms with E-state index in [0.29, 0.717) is 0 Å². The maximum atomic E-state index is 5.46. The molecule has 1 unspecified atom stereocenters. The fourth-order valence-electron chi connectivity index (χ4n) is 1.44. The number of hydrogen-bond acceptors (Lipinski definition) is 0. The van der Waals surface area contributed by atoms with Crippen LogP contribution in [0.3, 0.4) is 0 Å². The minimum absolute atomic E-state index is 0.142. The Morgan fingerprint density at radius 1 is 1.20 bits per heavy atom. The van der Waals surface area contributed by atoms with Crippen molar-refractivity contribution in [1.82, 2.24) is 0 Å². The standard InChI is InChI=1S/C9H19S/c1-5-8(6-2)9(4,10)7-3/h8H,5-7H2,1-4H3. The predicted octanol–water partition coefficient (Wildman–Crippen LogP) is 3.79. The predicted molar refractivity (Wildman–Crippen MR) is 50.4 cm³/mol. The van der Waals surface area contributed by atoms with Gasteiger partial charge in [-0.2, -0.15) is 0 Å². The van der Waals surface area contributed by atoms with Crippen LogP contribution in [0.15, 0.2) is 0 Å². The maximum Gasteiger partial charge on any atom is 0.0261 e. The van der Waals surface area contributed by atoms with Crippen LogP contribution in [0.25, 0.3) is 0 Å². The van der Waals surface area contributed by atoms with E-state index in [2.05, 4.69) is 27.7 Å². The molecule has 0 rings (SSSR count). The Labute approximate surface area is 70.8 Å². The third kappa shape index (κ3) is 2.53. The van der Waals surface area contributed by atoms with Gasteiger partial charge in [0.2, 0.25) is 0 Å². The molecule has 0 aliphatic carbocycles. The third-order valence-corrected chi connectivity index (χ3v) is 3.17. The summed E-state index contributed by atoms with van der Waals surface area (Å²) in [6.45, 7) is 8.84. The second kappa shape index (κ2) is 4.27. The fraction of sp³-hybridized carbons (Fsp3) is 1.00. The Balaban J connectivity index is 3.97. The van der Waals surface area contributed by atoms with Gasteiger partial charge in [-0.15, -0.1) is 0 Å². The van der Waals surface area contributed by atoms with Crippen LogP contribution in [0, 0.1) is 5.92 Å². The molecule has 1 radical (unpaired) electrons. The van der Waals surface area contributed by atoms with Crippen molar-refractivity contribution in [2.75, 3.05) is 0 Å². The van der Waals surface area contributed by atoms with Crippen molar-refractivity contribution >= 4 is 12.6 Å². The van der Waals surface area contributed by atoms with Crippen molar-refractivity contribution in [2.24, 2.45) is 5.92 Å². The minimum atomic E-state index is 0.142. The monoisotopic (exact) mass is 159 g/mol. The molecule has 0 N–H and O–H groups in total. The SMILES string of the molecule is CCC(CC)C(C)([S])CC. The minimum Gasteiger partial charge on any atom is -0.0867 e. The molecule has 0 saturated heterocycles. The van der Waals surface area contributed by atoms with Crippen molar-refractivity contribution in [3.8, 4) is 0 Å². The first-order chi connectivity index (χ1) is 4.58. The first-order valence-corrected chi connectivity index (χ1v) is 4.69. The van der Waals surface area contributed by atoms with Crippen molar-refractivity contribution in [3.05, 3.63) is 0 Å². The van der Waals surface area contributed by atoms with E-state index in [9.17, 15) is 0 Å². The van der Waals surface area contributed by atoms with E-state index in [-0.39, 0.29) is 4.75 Å². The summed E-state index contributed by atoms with van der Waals surface area (Å²) >= 11 is 5.46. The normalized spacial score (nSPS) is 17.4. The lowest BCUT2D eigenvalue weighted by atomic mass is 9.86. The van der Waals surface area contributed by atoms with Gasteiger partial charge >= 0.3 is 0 Å². The highest BCUT2D eigenvalue weighted by molar-refractivity contribution is 7.81. The summed E-state index contributed by atoms with van der Waals surface area (Å²) in [6.07, 6.45) is 3.57. The van der Waals surface area contributed by atoms with Crippen molar-refractivity contribution in [2.45, 2.75) is 51.7 Å². The van der Waals surface area contributed by atoms with E-state index in [1.165, 1.54) is 12.8 Å². The second-order valence-corrected chi connectivity index (χ2v) is 4.11. The Bertz CT molecular complexity index is 82.7. The van der Waals surface area contributed by atoms with Gasteiger partial charge in [0.15, 0.2) is 0 Å². The summed E-state index contributed by atoms with van der Waals surface area (Å²) in [7, 11) is 0. The highest BCUT2D eigenvalue weighted by atomic mass is 32.1. The van der Waals surface area contributed by atoms with Gasteiger partial charge in [0.25, 0.3) is 0 Å². The van der Waals surface area contributed by atoms with E-state index in [1.807, 2.05) is 0 Å². The highest BCUT2D eigenvalue weighted by Gasteiger charge is 2.26. The third-order valence-electron chi connectivity index (χ3n) is 2.55. The zero-order valence-electron chi connectivity index (χ0n) is 7.61. The van der Waals surface area contributed by atoms with Crippen LogP contribution in [0.2, 0.25) is 0 Å². The summed E-state index contributed by atoms with van der Waals surface area (Å²) in [5.41, 5.74) is 0. The molecule has 61 valence electrons. The summed E-state index contributed by atoms with van der Waals surface area (Å²) in [4.78, 5) is 0. The molecule has 10 heavy (non-hydrogen) atoms. The molecule has 0 aromatic carbocycles.